The van der Waals surface area contributed by atoms with Crippen LogP contribution in [-0.2, 0) is 9.59 Å². The number of aliphatic carboxylic acids is 2. The first-order chi connectivity index (χ1) is 16.1. The summed E-state index contributed by atoms with van der Waals surface area (Å²) in [4.78, 5) is 49.0. The lowest BCUT2D eigenvalue weighted by atomic mass is 10.1. The zero-order valence-electron chi connectivity index (χ0n) is 19.2. The third kappa shape index (κ3) is 10.6. The Hall–Kier alpha value is -1.89. The molecule has 1 aromatic rings. The lowest BCUT2D eigenvalue weighted by molar-refractivity contribution is -0.139. The van der Waals surface area contributed by atoms with Crippen molar-refractivity contribution in [2.45, 2.75) is 6.10 Å². The van der Waals surface area contributed by atoms with Crippen LogP contribution in [0.3, 0.4) is 0 Å². The van der Waals surface area contributed by atoms with Gasteiger partial charge in [-0.15, -0.1) is 0 Å². The molecule has 192 valence electrons. The van der Waals surface area contributed by atoms with Crippen LogP contribution in [0, 0.1) is 0 Å². The molecule has 0 amide bonds. The van der Waals surface area contributed by atoms with E-state index in [0.29, 0.717) is 63.6 Å². The number of anilines is 1. The molecule has 34 heavy (non-hydrogen) atoms. The summed E-state index contributed by atoms with van der Waals surface area (Å²) in [7, 11) is -2.17. The topological polar surface area (TPSA) is 174 Å². The highest BCUT2D eigenvalue weighted by Gasteiger charge is 2.22. The number of para-hydroxylation sites is 1. The molecular formula is C21H36N5O7P. The van der Waals surface area contributed by atoms with Crippen molar-refractivity contribution in [1.82, 2.24) is 19.6 Å². The Bertz CT molecular complexity index is 756. The van der Waals surface area contributed by atoms with Gasteiger partial charge in [0.05, 0.1) is 25.5 Å². The number of carboxylic acid groups (broad SMARTS) is 2. The number of β-amino-alcohol motifs (C(OH)–C–C–N with tert-alkyl or cyclic N) is 1. The highest BCUT2D eigenvalue weighted by Crippen LogP contribution is 2.24. The molecular weight excluding hydrogens is 465 g/mol. The Balaban J connectivity index is 2.16. The minimum atomic E-state index is -2.17. The molecule has 1 aliphatic rings. The fourth-order valence-corrected chi connectivity index (χ4v) is 4.58. The molecule has 1 aromatic carbocycles. The Morgan fingerprint density at radius 1 is 0.824 bits per heavy atom. The molecule has 0 saturated carbocycles. The number of nitrogens with two attached hydrogens (primary N) is 1. The third-order valence-corrected chi connectivity index (χ3v) is 6.41. The van der Waals surface area contributed by atoms with E-state index in [1.807, 2.05) is 9.80 Å². The van der Waals surface area contributed by atoms with Crippen LogP contribution < -0.4 is 5.73 Å². The van der Waals surface area contributed by atoms with Gasteiger partial charge in [0, 0.05) is 70.2 Å². The van der Waals surface area contributed by atoms with Crippen LogP contribution in [0.25, 0.3) is 0 Å². The quantitative estimate of drug-likeness (QED) is 0.179. The molecule has 1 fully saturated rings. The number of carboxylic acids is 2. The van der Waals surface area contributed by atoms with Crippen LogP contribution >= 0.6 is 8.38 Å². The van der Waals surface area contributed by atoms with Crippen LogP contribution in [0.5, 0.6) is 0 Å². The fourth-order valence-electron chi connectivity index (χ4n) is 3.94. The van der Waals surface area contributed by atoms with Gasteiger partial charge in [0.15, 0.2) is 8.38 Å². The summed E-state index contributed by atoms with van der Waals surface area (Å²) >= 11 is 0. The second-order valence-corrected chi connectivity index (χ2v) is 9.44. The Morgan fingerprint density at radius 3 is 1.71 bits per heavy atom. The molecule has 0 radical (unpaired) electrons. The summed E-state index contributed by atoms with van der Waals surface area (Å²) in [6, 6.07) is 7.06. The average molecular weight is 502 g/mol. The molecule has 1 atom stereocenters. The van der Waals surface area contributed by atoms with Crippen molar-refractivity contribution in [3.63, 3.8) is 0 Å². The molecule has 2 rings (SSSR count). The second kappa shape index (κ2) is 14.5. The summed E-state index contributed by atoms with van der Waals surface area (Å²) in [5, 5.41) is 29.4. The first kappa shape index (κ1) is 28.3. The maximum Gasteiger partial charge on any atom is 0.317 e. The number of benzene rings is 1. The molecule has 0 aliphatic carbocycles. The molecule has 12 nitrogen and oxygen atoms in total. The van der Waals surface area contributed by atoms with Gasteiger partial charge in [0.25, 0.3) is 0 Å². The normalized spacial score (nSPS) is 19.4. The van der Waals surface area contributed by atoms with Gasteiger partial charge in [-0.1, -0.05) is 18.2 Å². The van der Waals surface area contributed by atoms with E-state index in [4.69, 9.17) is 5.73 Å². The van der Waals surface area contributed by atoms with E-state index in [1.54, 1.807) is 34.1 Å². The van der Waals surface area contributed by atoms with Crippen molar-refractivity contribution in [2.24, 2.45) is 0 Å². The molecule has 0 aromatic heterocycles. The predicted molar refractivity (Wildman–Crippen MR) is 128 cm³/mol. The van der Waals surface area contributed by atoms with Gasteiger partial charge in [-0.2, -0.15) is 0 Å². The second-order valence-electron chi connectivity index (χ2n) is 8.42. The molecule has 1 saturated heterocycles. The maximum atomic E-state index is 11.4. The van der Waals surface area contributed by atoms with Gasteiger partial charge < -0.3 is 30.8 Å². The fraction of sp³-hybridized carbons (Fsp3) is 0.619. The lowest BCUT2D eigenvalue weighted by Gasteiger charge is -2.34. The number of nitrogen functional groups attached to an aromatic ring is 1. The van der Waals surface area contributed by atoms with Crippen LogP contribution in [0.15, 0.2) is 24.3 Å². The Morgan fingerprint density at radius 2 is 1.26 bits per heavy atom. The van der Waals surface area contributed by atoms with Crippen LogP contribution in [0.4, 0.5) is 5.69 Å². The van der Waals surface area contributed by atoms with Crippen LogP contribution in [0.2, 0.25) is 0 Å². The van der Waals surface area contributed by atoms with Gasteiger partial charge in [-0.3, -0.25) is 29.2 Å². The zero-order chi connectivity index (χ0) is 25.1. The first-order valence-electron chi connectivity index (χ1n) is 11.1. The first-order valence-corrected chi connectivity index (χ1v) is 12.6. The van der Waals surface area contributed by atoms with E-state index in [0.717, 1.165) is 0 Å². The summed E-state index contributed by atoms with van der Waals surface area (Å²) < 4.78 is 0. The van der Waals surface area contributed by atoms with E-state index in [2.05, 4.69) is 0 Å². The lowest BCUT2D eigenvalue weighted by Crippen LogP contribution is -2.48. The van der Waals surface area contributed by atoms with Crippen LogP contribution in [-0.4, -0.2) is 135 Å². The highest BCUT2D eigenvalue weighted by molar-refractivity contribution is 7.44. The largest absolute Gasteiger partial charge is 0.480 e. The standard InChI is InChI=1S/C21H36N5O7P/c22-18-4-2-1-3-17(18)19(27)13-23-5-7-24(14-20(28)29)9-11-26(16-34(32)33)12-10-25(8-6-23)15-21(30)31/h1-4,19,27,32-33H,5-16,22H2,(H,28,29)(H,30,31). The molecule has 0 spiro atoms. The van der Waals surface area contributed by atoms with Crippen LogP contribution in [0.1, 0.15) is 11.7 Å². The molecule has 7 N–H and O–H groups in total. The average Bonchev–Trinajstić information content (AvgIpc) is 2.74. The van der Waals surface area contributed by atoms with E-state index in [1.165, 1.54) is 0 Å². The van der Waals surface area contributed by atoms with Gasteiger partial charge >= 0.3 is 11.9 Å². The Kier molecular flexibility index (Phi) is 12.1. The molecule has 1 aliphatic heterocycles. The number of carbonyl (C=O) groups is 2. The van der Waals surface area contributed by atoms with E-state index < -0.39 is 26.4 Å². The van der Waals surface area contributed by atoms with E-state index in [9.17, 15) is 34.7 Å². The number of nitrogens with zero attached hydrogens (tertiary/aromatic N) is 4. The Labute approximate surface area is 200 Å². The van der Waals surface area contributed by atoms with Gasteiger partial charge in [-0.25, -0.2) is 0 Å². The summed E-state index contributed by atoms with van der Waals surface area (Å²) in [6.07, 6.45) is -0.799. The summed E-state index contributed by atoms with van der Waals surface area (Å²) in [6.45, 7) is 3.34. The van der Waals surface area contributed by atoms with Crippen molar-refractivity contribution in [3.05, 3.63) is 29.8 Å². The highest BCUT2D eigenvalue weighted by atomic mass is 31.2. The number of aliphatic hydroxyl groups is 1. The van der Waals surface area contributed by atoms with Gasteiger partial charge in [0.1, 0.15) is 0 Å². The van der Waals surface area contributed by atoms with E-state index >= 15 is 0 Å². The number of aliphatic hydroxyl groups excluding tert-OH is 1. The monoisotopic (exact) mass is 501 g/mol. The van der Waals surface area contributed by atoms with Gasteiger partial charge in [0.2, 0.25) is 0 Å². The third-order valence-electron chi connectivity index (χ3n) is 5.76. The molecule has 0 bridgehead atoms. The minimum Gasteiger partial charge on any atom is -0.480 e. The smallest absolute Gasteiger partial charge is 0.317 e. The van der Waals surface area contributed by atoms with Crippen molar-refractivity contribution >= 4 is 26.0 Å². The molecule has 1 heterocycles. The number of hydrogen-bond acceptors (Lipinski definition) is 10. The van der Waals surface area contributed by atoms with Crippen molar-refractivity contribution in [1.29, 1.82) is 0 Å². The van der Waals surface area contributed by atoms with E-state index in [-0.39, 0.29) is 25.9 Å². The molecule has 1 unspecified atom stereocenters. The van der Waals surface area contributed by atoms with Crippen molar-refractivity contribution < 1.29 is 34.7 Å². The summed E-state index contributed by atoms with van der Waals surface area (Å²) in [5.74, 6) is -1.91. The number of hydrogen-bond donors (Lipinski definition) is 6. The van der Waals surface area contributed by atoms with Crippen molar-refractivity contribution in [2.75, 3.05) is 84.0 Å². The molecule has 13 heteroatoms. The SMILES string of the molecule is Nc1ccccc1C(O)CN1CCN(CC(=O)O)CCN(CP(O)O)CCN(CC(=O)O)CC1. The van der Waals surface area contributed by atoms with Crippen molar-refractivity contribution in [3.8, 4) is 0 Å². The predicted octanol–water partition coefficient (Wildman–Crippen LogP) is -1.05. The summed E-state index contributed by atoms with van der Waals surface area (Å²) in [5.41, 5.74) is 7.10. The maximum absolute atomic E-state index is 11.4. The zero-order valence-corrected chi connectivity index (χ0v) is 20.1. The number of rotatable bonds is 9. The minimum absolute atomic E-state index is 0.0496. The van der Waals surface area contributed by atoms with Gasteiger partial charge in [-0.05, 0) is 6.07 Å².